The smallest absolute Gasteiger partial charge is 0.329 e. The van der Waals surface area contributed by atoms with Crippen LogP contribution in [0.4, 0.5) is 10.1 Å². The fourth-order valence-corrected chi connectivity index (χ4v) is 3.77. The van der Waals surface area contributed by atoms with Gasteiger partial charge in [0.25, 0.3) is 11.8 Å². The van der Waals surface area contributed by atoms with Gasteiger partial charge in [-0.05, 0) is 61.4 Å². The average Bonchev–Trinajstić information content (AvgIpc) is 2.86. The number of nitrogens with zero attached hydrogens (tertiary/aromatic N) is 2. The van der Waals surface area contributed by atoms with Gasteiger partial charge in [0.2, 0.25) is 0 Å². The van der Waals surface area contributed by atoms with E-state index in [1.165, 1.54) is 12.1 Å². The number of carbonyl (C=O) groups is 3. The molecule has 35 heavy (non-hydrogen) atoms. The van der Waals surface area contributed by atoms with Crippen molar-refractivity contribution in [3.8, 4) is 5.75 Å². The monoisotopic (exact) mass is 485 g/mol. The van der Waals surface area contributed by atoms with Gasteiger partial charge in [0.05, 0.1) is 6.61 Å². The van der Waals surface area contributed by atoms with Gasteiger partial charge in [-0.25, -0.2) is 9.18 Å². The zero-order valence-electron chi connectivity index (χ0n) is 20.3. The van der Waals surface area contributed by atoms with Crippen molar-refractivity contribution < 1.29 is 28.2 Å². The van der Waals surface area contributed by atoms with Crippen molar-refractivity contribution in [2.24, 2.45) is 5.92 Å². The van der Waals surface area contributed by atoms with Gasteiger partial charge in [0.15, 0.2) is 6.61 Å². The second-order valence-corrected chi connectivity index (χ2v) is 8.60. The molecule has 0 unspecified atom stereocenters. The quantitative estimate of drug-likeness (QED) is 0.550. The maximum Gasteiger partial charge on any atom is 0.329 e. The molecule has 1 saturated heterocycles. The van der Waals surface area contributed by atoms with Crippen LogP contribution in [0.5, 0.6) is 5.75 Å². The summed E-state index contributed by atoms with van der Waals surface area (Å²) in [6.45, 7) is 7.72. The summed E-state index contributed by atoms with van der Waals surface area (Å²) in [5.74, 6) is -1.23. The molecule has 0 saturated carbocycles. The first-order valence-electron chi connectivity index (χ1n) is 11.8. The Kier molecular flexibility index (Phi) is 9.05. The molecule has 3 rings (SSSR count). The summed E-state index contributed by atoms with van der Waals surface area (Å²) in [5, 5.41) is 2.70. The van der Waals surface area contributed by atoms with E-state index in [2.05, 4.69) is 10.2 Å². The van der Waals surface area contributed by atoms with Crippen LogP contribution in [0, 0.1) is 11.7 Å². The second-order valence-electron chi connectivity index (χ2n) is 8.60. The molecular weight excluding hydrogens is 453 g/mol. The standard InChI is InChI=1S/C26H32FN3O5/c1-4-34-22-11-5-19(6-12-22)25(32)28-24(18(2)3)26(33)35-17-23(31)30-15-13-29(14-16-30)21-9-7-20(27)8-10-21/h5-12,18,24H,4,13-17H2,1-3H3,(H,28,32)/t24-/m0/s1. The number of ether oxygens (including phenoxy) is 2. The first-order valence-corrected chi connectivity index (χ1v) is 11.8. The summed E-state index contributed by atoms with van der Waals surface area (Å²) in [7, 11) is 0. The van der Waals surface area contributed by atoms with Crippen LogP contribution in [0.2, 0.25) is 0 Å². The van der Waals surface area contributed by atoms with Gasteiger partial charge in [-0.3, -0.25) is 9.59 Å². The van der Waals surface area contributed by atoms with Crippen molar-refractivity contribution >= 4 is 23.5 Å². The lowest BCUT2D eigenvalue weighted by molar-refractivity contribution is -0.154. The lowest BCUT2D eigenvalue weighted by Gasteiger charge is -2.36. The molecule has 2 amide bonds. The van der Waals surface area contributed by atoms with Crippen LogP contribution in [0.25, 0.3) is 0 Å². The van der Waals surface area contributed by atoms with E-state index in [0.29, 0.717) is 44.1 Å². The number of nitrogens with one attached hydrogen (secondary N) is 1. The van der Waals surface area contributed by atoms with Crippen LogP contribution < -0.4 is 15.0 Å². The summed E-state index contributed by atoms with van der Waals surface area (Å²) in [5.41, 5.74) is 1.29. The third-order valence-electron chi connectivity index (χ3n) is 5.80. The summed E-state index contributed by atoms with van der Waals surface area (Å²) in [6.07, 6.45) is 0. The van der Waals surface area contributed by atoms with E-state index in [0.717, 1.165) is 5.69 Å². The number of benzene rings is 2. The number of esters is 1. The molecule has 1 N–H and O–H groups in total. The van der Waals surface area contributed by atoms with Crippen LogP contribution >= 0.6 is 0 Å². The Bertz CT molecular complexity index is 1000. The molecule has 0 spiro atoms. The molecule has 0 aromatic heterocycles. The van der Waals surface area contributed by atoms with E-state index in [1.54, 1.807) is 55.1 Å². The van der Waals surface area contributed by atoms with Gasteiger partial charge in [0, 0.05) is 37.4 Å². The van der Waals surface area contributed by atoms with Gasteiger partial charge < -0.3 is 24.6 Å². The third kappa shape index (κ3) is 7.18. The Morgan fingerprint density at radius 2 is 1.60 bits per heavy atom. The summed E-state index contributed by atoms with van der Waals surface area (Å²) < 4.78 is 23.8. The Hall–Kier alpha value is -3.62. The zero-order valence-corrected chi connectivity index (χ0v) is 20.3. The molecule has 1 heterocycles. The highest BCUT2D eigenvalue weighted by Crippen LogP contribution is 2.17. The van der Waals surface area contributed by atoms with E-state index in [-0.39, 0.29) is 17.6 Å². The van der Waals surface area contributed by atoms with Crippen LogP contribution in [-0.4, -0.2) is 68.1 Å². The van der Waals surface area contributed by atoms with Gasteiger partial charge in [-0.15, -0.1) is 0 Å². The lowest BCUT2D eigenvalue weighted by atomic mass is 10.0. The van der Waals surface area contributed by atoms with Gasteiger partial charge >= 0.3 is 5.97 Å². The van der Waals surface area contributed by atoms with Crippen molar-refractivity contribution in [3.63, 3.8) is 0 Å². The highest BCUT2D eigenvalue weighted by atomic mass is 19.1. The Morgan fingerprint density at radius 1 is 0.971 bits per heavy atom. The highest BCUT2D eigenvalue weighted by molar-refractivity contribution is 5.97. The largest absolute Gasteiger partial charge is 0.494 e. The molecular formula is C26H32FN3O5. The van der Waals surface area contributed by atoms with Crippen molar-refractivity contribution in [2.75, 3.05) is 44.3 Å². The van der Waals surface area contributed by atoms with Crippen molar-refractivity contribution in [3.05, 3.63) is 59.9 Å². The molecule has 9 heteroatoms. The number of carbonyl (C=O) groups excluding carboxylic acids is 3. The predicted molar refractivity (Wildman–Crippen MR) is 130 cm³/mol. The van der Waals surface area contributed by atoms with Crippen molar-refractivity contribution in [2.45, 2.75) is 26.8 Å². The first kappa shape index (κ1) is 26.0. The predicted octanol–water partition coefficient (Wildman–Crippen LogP) is 2.87. The van der Waals surface area contributed by atoms with Gasteiger partial charge in [0.1, 0.15) is 17.6 Å². The number of amides is 2. The van der Waals surface area contributed by atoms with E-state index >= 15 is 0 Å². The van der Waals surface area contributed by atoms with Gasteiger partial charge in [-0.1, -0.05) is 13.8 Å². The van der Waals surface area contributed by atoms with Crippen LogP contribution in [-0.2, 0) is 14.3 Å². The fraction of sp³-hybridized carbons (Fsp3) is 0.423. The number of piperazine rings is 1. The van der Waals surface area contributed by atoms with Gasteiger partial charge in [-0.2, -0.15) is 0 Å². The number of hydrogen-bond donors (Lipinski definition) is 1. The lowest BCUT2D eigenvalue weighted by Crippen LogP contribution is -2.50. The Balaban J connectivity index is 1.48. The Labute approximate surface area is 205 Å². The zero-order chi connectivity index (χ0) is 25.4. The van der Waals surface area contributed by atoms with Crippen molar-refractivity contribution in [1.82, 2.24) is 10.2 Å². The number of halogens is 1. The molecule has 2 aromatic rings. The molecule has 1 aliphatic heterocycles. The van der Waals surface area contributed by atoms with E-state index in [4.69, 9.17) is 9.47 Å². The maximum absolute atomic E-state index is 13.1. The molecule has 8 nitrogen and oxygen atoms in total. The van der Waals surface area contributed by atoms with E-state index in [1.807, 2.05) is 6.92 Å². The minimum atomic E-state index is -0.891. The highest BCUT2D eigenvalue weighted by Gasteiger charge is 2.28. The molecule has 0 aliphatic carbocycles. The van der Waals surface area contributed by atoms with E-state index in [9.17, 15) is 18.8 Å². The topological polar surface area (TPSA) is 88.2 Å². The summed E-state index contributed by atoms with van der Waals surface area (Å²) >= 11 is 0. The van der Waals surface area contributed by atoms with Crippen molar-refractivity contribution in [1.29, 1.82) is 0 Å². The molecule has 2 aromatic carbocycles. The molecule has 188 valence electrons. The summed E-state index contributed by atoms with van der Waals surface area (Å²) in [4.78, 5) is 41.6. The van der Waals surface area contributed by atoms with Crippen LogP contribution in [0.1, 0.15) is 31.1 Å². The normalized spacial score (nSPS) is 14.4. The first-order chi connectivity index (χ1) is 16.8. The summed E-state index contributed by atoms with van der Waals surface area (Å²) in [6, 6.07) is 12.0. The third-order valence-corrected chi connectivity index (χ3v) is 5.80. The number of rotatable bonds is 9. The number of hydrogen-bond acceptors (Lipinski definition) is 6. The number of anilines is 1. The minimum Gasteiger partial charge on any atom is -0.494 e. The molecule has 1 atom stereocenters. The Morgan fingerprint density at radius 3 is 2.17 bits per heavy atom. The molecule has 1 aliphatic rings. The average molecular weight is 486 g/mol. The fourth-order valence-electron chi connectivity index (χ4n) is 3.77. The van der Waals surface area contributed by atoms with Crippen LogP contribution in [0.3, 0.4) is 0 Å². The maximum atomic E-state index is 13.1. The molecule has 0 bridgehead atoms. The molecule has 1 fully saturated rings. The van der Waals surface area contributed by atoms with E-state index < -0.39 is 24.5 Å². The second kappa shape index (κ2) is 12.2. The minimum absolute atomic E-state index is 0.233. The SMILES string of the molecule is CCOc1ccc(C(=O)N[C@H](C(=O)OCC(=O)N2CCN(c3ccc(F)cc3)CC2)C(C)C)cc1. The molecule has 0 radical (unpaired) electrons. The van der Waals surface area contributed by atoms with Crippen LogP contribution in [0.15, 0.2) is 48.5 Å².